The Bertz CT molecular complexity index is 1010. The summed E-state index contributed by atoms with van der Waals surface area (Å²) in [5, 5.41) is 7.84. The van der Waals surface area contributed by atoms with Crippen molar-refractivity contribution in [1.82, 2.24) is 9.99 Å². The first kappa shape index (κ1) is 20.4. The molecule has 0 radical (unpaired) electrons. The predicted octanol–water partition coefficient (Wildman–Crippen LogP) is 4.91. The lowest BCUT2D eigenvalue weighted by molar-refractivity contribution is -0.119. The number of halogens is 2. The number of aryl methyl sites for hydroxylation is 1. The number of hydrogen-bond acceptors (Lipinski definition) is 3. The van der Waals surface area contributed by atoms with Gasteiger partial charge in [-0.2, -0.15) is 5.10 Å². The minimum atomic E-state index is -0.210. The summed E-state index contributed by atoms with van der Waals surface area (Å²) in [7, 11) is 0. The van der Waals surface area contributed by atoms with Crippen LogP contribution in [-0.2, 0) is 4.79 Å². The van der Waals surface area contributed by atoms with Gasteiger partial charge in [-0.25, -0.2) is 5.43 Å². The maximum absolute atomic E-state index is 12.0. The first-order chi connectivity index (χ1) is 13.4. The fraction of sp³-hybridized carbons (Fsp3) is 0.143. The summed E-state index contributed by atoms with van der Waals surface area (Å²) in [5.74, 6) is -0.210. The fourth-order valence-electron chi connectivity index (χ4n) is 2.89. The normalized spacial score (nSPS) is 11.0. The van der Waals surface area contributed by atoms with Gasteiger partial charge in [0, 0.05) is 36.9 Å². The third-order valence-corrected chi connectivity index (χ3v) is 5.18. The molecule has 2 aromatic carbocycles. The topological polar surface area (TPSA) is 58.4 Å². The van der Waals surface area contributed by atoms with Gasteiger partial charge in [-0.1, -0.05) is 17.7 Å². The molecule has 0 saturated heterocycles. The van der Waals surface area contributed by atoms with Gasteiger partial charge in [0.1, 0.15) is 0 Å². The number of amides is 1. The van der Waals surface area contributed by atoms with E-state index >= 15 is 0 Å². The molecule has 0 saturated carbocycles. The molecule has 5 nitrogen and oxygen atoms in total. The number of aromatic nitrogens is 1. The molecule has 0 aliphatic carbocycles. The van der Waals surface area contributed by atoms with E-state index in [0.717, 1.165) is 31.9 Å². The van der Waals surface area contributed by atoms with E-state index in [1.807, 2.05) is 68.4 Å². The zero-order chi connectivity index (χ0) is 20.1. The van der Waals surface area contributed by atoms with Crippen LogP contribution in [0.4, 0.5) is 5.69 Å². The minimum Gasteiger partial charge on any atom is -0.376 e. The molecule has 0 aliphatic heterocycles. The first-order valence-corrected chi connectivity index (χ1v) is 10.2. The quantitative estimate of drug-likeness (QED) is 0.283. The molecule has 0 spiro atoms. The van der Waals surface area contributed by atoms with Gasteiger partial charge in [0.2, 0.25) is 0 Å². The summed E-state index contributed by atoms with van der Waals surface area (Å²) < 4.78 is 3.25. The van der Waals surface area contributed by atoms with Crippen molar-refractivity contribution in [3.63, 3.8) is 0 Å². The Morgan fingerprint density at radius 3 is 2.64 bits per heavy atom. The molecule has 0 fully saturated rings. The maximum atomic E-state index is 12.0. The van der Waals surface area contributed by atoms with Gasteiger partial charge in [0.25, 0.3) is 5.91 Å². The molecular formula is C21H20ClIN4O. The molecule has 1 amide bonds. The highest BCUT2D eigenvalue weighted by Gasteiger charge is 2.10. The van der Waals surface area contributed by atoms with Crippen molar-refractivity contribution >= 4 is 52.0 Å². The largest absolute Gasteiger partial charge is 0.376 e. The highest BCUT2D eigenvalue weighted by Crippen LogP contribution is 2.22. The molecule has 144 valence electrons. The van der Waals surface area contributed by atoms with Gasteiger partial charge in [-0.3, -0.25) is 4.79 Å². The third kappa shape index (κ3) is 5.14. The Morgan fingerprint density at radius 1 is 1.18 bits per heavy atom. The van der Waals surface area contributed by atoms with Crippen molar-refractivity contribution in [3.8, 4) is 5.69 Å². The number of carbonyl (C=O) groups excluding carboxylic acids is 1. The summed E-state index contributed by atoms with van der Waals surface area (Å²) in [5.41, 5.74) is 7.46. The molecule has 0 aliphatic rings. The van der Waals surface area contributed by atoms with Crippen LogP contribution in [0.2, 0.25) is 5.02 Å². The Morgan fingerprint density at radius 2 is 1.93 bits per heavy atom. The van der Waals surface area contributed by atoms with Crippen LogP contribution in [-0.4, -0.2) is 23.2 Å². The standard InChI is InChI=1S/C21H20ClIN4O/c1-14-10-16(15(2)27(14)20-5-3-4-17(22)11-20)12-25-26-21(28)13-24-19-8-6-18(23)7-9-19/h3-12,24H,13H2,1-2H3,(H,26,28)/b25-12-. The zero-order valence-corrected chi connectivity index (χ0v) is 18.5. The molecule has 2 N–H and O–H groups in total. The number of nitrogens with one attached hydrogen (secondary N) is 2. The average Bonchev–Trinajstić information content (AvgIpc) is 2.95. The molecule has 28 heavy (non-hydrogen) atoms. The number of carbonyl (C=O) groups is 1. The summed E-state index contributed by atoms with van der Waals surface area (Å²) in [6.07, 6.45) is 1.66. The zero-order valence-electron chi connectivity index (χ0n) is 15.5. The summed E-state index contributed by atoms with van der Waals surface area (Å²) in [6.45, 7) is 4.18. The first-order valence-electron chi connectivity index (χ1n) is 8.70. The van der Waals surface area contributed by atoms with E-state index in [9.17, 15) is 4.79 Å². The van der Waals surface area contributed by atoms with Crippen LogP contribution in [0.25, 0.3) is 5.69 Å². The van der Waals surface area contributed by atoms with Crippen molar-refractivity contribution in [1.29, 1.82) is 0 Å². The summed E-state index contributed by atoms with van der Waals surface area (Å²) >= 11 is 8.35. The Hall–Kier alpha value is -2.32. The summed E-state index contributed by atoms with van der Waals surface area (Å²) in [4.78, 5) is 12.0. The van der Waals surface area contributed by atoms with Gasteiger partial charge in [0.15, 0.2) is 0 Å². The minimum absolute atomic E-state index is 0.152. The van der Waals surface area contributed by atoms with Crippen LogP contribution >= 0.6 is 34.2 Å². The van der Waals surface area contributed by atoms with E-state index in [4.69, 9.17) is 11.6 Å². The van der Waals surface area contributed by atoms with Gasteiger partial charge < -0.3 is 9.88 Å². The van der Waals surface area contributed by atoms with Gasteiger partial charge in [-0.15, -0.1) is 0 Å². The lowest BCUT2D eigenvalue weighted by atomic mass is 10.2. The third-order valence-electron chi connectivity index (χ3n) is 4.23. The van der Waals surface area contributed by atoms with Crippen molar-refractivity contribution in [2.75, 3.05) is 11.9 Å². The van der Waals surface area contributed by atoms with Crippen LogP contribution in [0.3, 0.4) is 0 Å². The van der Waals surface area contributed by atoms with Crippen molar-refractivity contribution < 1.29 is 4.79 Å². The van der Waals surface area contributed by atoms with Crippen molar-refractivity contribution in [2.24, 2.45) is 5.10 Å². The monoisotopic (exact) mass is 506 g/mol. The number of rotatable bonds is 6. The second-order valence-electron chi connectivity index (χ2n) is 6.30. The number of hydrazone groups is 1. The second kappa shape index (κ2) is 9.25. The molecule has 3 aromatic rings. The van der Waals surface area contributed by atoms with Crippen LogP contribution in [0.1, 0.15) is 17.0 Å². The number of benzene rings is 2. The van der Waals surface area contributed by atoms with Crippen LogP contribution in [0.5, 0.6) is 0 Å². The van der Waals surface area contributed by atoms with E-state index in [1.165, 1.54) is 0 Å². The van der Waals surface area contributed by atoms with Gasteiger partial charge in [0.05, 0.1) is 12.8 Å². The van der Waals surface area contributed by atoms with E-state index in [2.05, 4.69) is 43.0 Å². The Labute approximate surface area is 182 Å². The summed E-state index contributed by atoms with van der Waals surface area (Å²) in [6, 6.07) is 17.5. The maximum Gasteiger partial charge on any atom is 0.259 e. The molecule has 1 heterocycles. The fourth-order valence-corrected chi connectivity index (χ4v) is 3.44. The second-order valence-corrected chi connectivity index (χ2v) is 7.98. The van der Waals surface area contributed by atoms with E-state index < -0.39 is 0 Å². The molecular weight excluding hydrogens is 487 g/mol. The predicted molar refractivity (Wildman–Crippen MR) is 124 cm³/mol. The van der Waals surface area contributed by atoms with Crippen molar-refractivity contribution in [2.45, 2.75) is 13.8 Å². The van der Waals surface area contributed by atoms with Crippen LogP contribution < -0.4 is 10.7 Å². The molecule has 0 bridgehead atoms. The average molecular weight is 507 g/mol. The number of nitrogens with zero attached hydrogens (tertiary/aromatic N) is 2. The van der Waals surface area contributed by atoms with Gasteiger partial charge in [-0.05, 0) is 85.0 Å². The van der Waals surface area contributed by atoms with Crippen LogP contribution in [0.15, 0.2) is 59.7 Å². The molecule has 3 rings (SSSR count). The number of anilines is 1. The lowest BCUT2D eigenvalue weighted by Crippen LogP contribution is -2.25. The van der Waals surface area contributed by atoms with Crippen molar-refractivity contribution in [3.05, 3.63) is 80.1 Å². The smallest absolute Gasteiger partial charge is 0.259 e. The lowest BCUT2D eigenvalue weighted by Gasteiger charge is -2.09. The van der Waals surface area contributed by atoms with E-state index in [-0.39, 0.29) is 12.5 Å². The Balaban J connectivity index is 1.62. The van der Waals surface area contributed by atoms with E-state index in [1.54, 1.807) is 6.21 Å². The van der Waals surface area contributed by atoms with Crippen LogP contribution in [0, 0.1) is 17.4 Å². The number of hydrogen-bond donors (Lipinski definition) is 2. The highest BCUT2D eigenvalue weighted by atomic mass is 127. The molecule has 7 heteroatoms. The molecule has 1 aromatic heterocycles. The van der Waals surface area contributed by atoms with E-state index in [0.29, 0.717) is 5.02 Å². The SMILES string of the molecule is Cc1cc(/C=N\NC(=O)CNc2ccc(I)cc2)c(C)n1-c1cccc(Cl)c1. The Kier molecular flexibility index (Phi) is 6.74. The molecule has 0 atom stereocenters. The van der Waals surface area contributed by atoms with Gasteiger partial charge >= 0.3 is 0 Å². The molecule has 0 unspecified atom stereocenters. The highest BCUT2D eigenvalue weighted by molar-refractivity contribution is 14.1.